The average Bonchev–Trinajstić information content (AvgIpc) is 2.83. The summed E-state index contributed by atoms with van der Waals surface area (Å²) in [4.78, 5) is 38.9. The van der Waals surface area contributed by atoms with Gasteiger partial charge in [0.1, 0.15) is 5.69 Å². The fraction of sp³-hybridized carbons (Fsp3) is 0.115. The van der Waals surface area contributed by atoms with Gasteiger partial charge in [-0.05, 0) is 36.1 Å². The van der Waals surface area contributed by atoms with Gasteiger partial charge in [0.15, 0.2) is 6.10 Å². The summed E-state index contributed by atoms with van der Waals surface area (Å²) in [7, 11) is 1.52. The van der Waals surface area contributed by atoms with Crippen molar-refractivity contribution in [2.75, 3.05) is 5.32 Å². The van der Waals surface area contributed by atoms with Crippen molar-refractivity contribution in [2.24, 2.45) is 7.05 Å². The van der Waals surface area contributed by atoms with E-state index in [1.54, 1.807) is 42.5 Å². The van der Waals surface area contributed by atoms with Gasteiger partial charge >= 0.3 is 5.97 Å². The smallest absolute Gasteiger partial charge is 0.356 e. The monoisotopic (exact) mass is 460 g/mol. The van der Waals surface area contributed by atoms with E-state index in [0.29, 0.717) is 27.0 Å². The number of hydrogen-bond donors (Lipinski definition) is 1. The first-order valence-corrected chi connectivity index (χ1v) is 10.7. The Morgan fingerprint density at radius 3 is 2.21 bits per heavy atom. The quantitative estimate of drug-likeness (QED) is 0.423. The Morgan fingerprint density at radius 2 is 1.52 bits per heavy atom. The number of nitrogens with zero attached hydrogens (tertiary/aromatic N) is 1. The first-order chi connectivity index (χ1) is 15.9. The molecular formula is C26H21ClN2O4. The molecule has 1 aromatic heterocycles. The second-order valence-electron chi connectivity index (χ2n) is 7.52. The Balaban J connectivity index is 1.74. The minimum atomic E-state index is -1.13. The van der Waals surface area contributed by atoms with Crippen molar-refractivity contribution in [2.45, 2.75) is 13.0 Å². The molecule has 1 unspecified atom stereocenters. The van der Waals surface area contributed by atoms with Gasteiger partial charge in [-0.25, -0.2) is 4.79 Å². The van der Waals surface area contributed by atoms with Gasteiger partial charge < -0.3 is 14.6 Å². The van der Waals surface area contributed by atoms with Crippen LogP contribution in [0.4, 0.5) is 5.69 Å². The number of carbonyl (C=O) groups is 2. The summed E-state index contributed by atoms with van der Waals surface area (Å²) in [5, 5.41) is 4.14. The van der Waals surface area contributed by atoms with E-state index in [2.05, 4.69) is 5.32 Å². The SMILES string of the molecule is CC(OC(=O)c1c(-c2ccccc2)c2ccccc2c(=O)n1C)C(=O)Nc1ccccc1Cl. The highest BCUT2D eigenvalue weighted by molar-refractivity contribution is 6.33. The number of rotatable bonds is 5. The fourth-order valence-corrected chi connectivity index (χ4v) is 3.85. The van der Waals surface area contributed by atoms with Gasteiger partial charge in [0.2, 0.25) is 0 Å². The van der Waals surface area contributed by atoms with Crippen molar-refractivity contribution < 1.29 is 14.3 Å². The summed E-state index contributed by atoms with van der Waals surface area (Å²) in [6.07, 6.45) is -1.13. The third kappa shape index (κ3) is 4.38. The number of hydrogen-bond acceptors (Lipinski definition) is 4. The van der Waals surface area contributed by atoms with Crippen LogP contribution in [0, 0.1) is 0 Å². The zero-order valence-electron chi connectivity index (χ0n) is 18.0. The number of carbonyl (C=O) groups excluding carboxylic acids is 2. The van der Waals surface area contributed by atoms with Crippen molar-refractivity contribution in [3.05, 3.63) is 99.9 Å². The molecule has 1 heterocycles. The molecule has 7 heteroatoms. The predicted molar refractivity (Wildman–Crippen MR) is 130 cm³/mol. The normalized spacial score (nSPS) is 11.7. The molecule has 0 fully saturated rings. The van der Waals surface area contributed by atoms with Gasteiger partial charge in [-0.15, -0.1) is 0 Å². The molecule has 0 saturated heterocycles. The molecule has 0 radical (unpaired) electrons. The lowest BCUT2D eigenvalue weighted by Gasteiger charge is -2.19. The number of ether oxygens (including phenoxy) is 1. The van der Waals surface area contributed by atoms with Crippen molar-refractivity contribution >= 4 is 39.9 Å². The van der Waals surface area contributed by atoms with E-state index in [0.717, 1.165) is 5.56 Å². The maximum absolute atomic E-state index is 13.3. The Bertz CT molecular complexity index is 1410. The topological polar surface area (TPSA) is 77.4 Å². The number of para-hydroxylation sites is 1. The largest absolute Gasteiger partial charge is 0.448 e. The molecule has 0 aliphatic rings. The summed E-state index contributed by atoms with van der Waals surface area (Å²) >= 11 is 6.10. The Morgan fingerprint density at radius 1 is 0.909 bits per heavy atom. The molecule has 1 N–H and O–H groups in total. The van der Waals surface area contributed by atoms with Gasteiger partial charge in [0.25, 0.3) is 11.5 Å². The summed E-state index contributed by atoms with van der Waals surface area (Å²) in [6.45, 7) is 1.46. The Labute approximate surface area is 195 Å². The molecule has 0 spiro atoms. The van der Waals surface area contributed by atoms with E-state index in [4.69, 9.17) is 16.3 Å². The number of halogens is 1. The van der Waals surface area contributed by atoms with Crippen LogP contribution in [0.5, 0.6) is 0 Å². The molecule has 0 bridgehead atoms. The number of esters is 1. The van der Waals surface area contributed by atoms with Gasteiger partial charge in [0.05, 0.1) is 10.7 Å². The van der Waals surface area contributed by atoms with Gasteiger partial charge in [-0.3, -0.25) is 9.59 Å². The highest BCUT2D eigenvalue weighted by Gasteiger charge is 2.26. The Hall–Kier alpha value is -3.90. The minimum absolute atomic E-state index is 0.0716. The van der Waals surface area contributed by atoms with E-state index in [1.807, 2.05) is 36.4 Å². The van der Waals surface area contributed by atoms with Crippen molar-refractivity contribution in [3.63, 3.8) is 0 Å². The fourth-order valence-electron chi connectivity index (χ4n) is 3.67. The van der Waals surface area contributed by atoms with Crippen LogP contribution in [0.3, 0.4) is 0 Å². The maximum atomic E-state index is 13.3. The summed E-state index contributed by atoms with van der Waals surface area (Å²) in [5.41, 5.74) is 1.48. The molecule has 0 aliphatic carbocycles. The zero-order valence-corrected chi connectivity index (χ0v) is 18.8. The lowest BCUT2D eigenvalue weighted by Crippen LogP contribution is -2.33. The third-order valence-electron chi connectivity index (χ3n) is 5.34. The molecule has 0 saturated carbocycles. The second-order valence-corrected chi connectivity index (χ2v) is 7.92. The number of pyridine rings is 1. The highest BCUT2D eigenvalue weighted by atomic mass is 35.5. The van der Waals surface area contributed by atoms with Crippen LogP contribution in [0.1, 0.15) is 17.4 Å². The average molecular weight is 461 g/mol. The first-order valence-electron chi connectivity index (χ1n) is 10.3. The number of fused-ring (bicyclic) bond motifs is 1. The van der Waals surface area contributed by atoms with E-state index in [1.165, 1.54) is 18.5 Å². The van der Waals surface area contributed by atoms with Crippen molar-refractivity contribution in [1.82, 2.24) is 4.57 Å². The predicted octanol–water partition coefficient (Wildman–Crippen LogP) is 5.04. The van der Waals surface area contributed by atoms with Crippen LogP contribution in [-0.4, -0.2) is 22.5 Å². The zero-order chi connectivity index (χ0) is 23.5. The van der Waals surface area contributed by atoms with Gasteiger partial charge in [0, 0.05) is 18.0 Å². The van der Waals surface area contributed by atoms with Crippen LogP contribution < -0.4 is 10.9 Å². The summed E-state index contributed by atoms with van der Waals surface area (Å²) < 4.78 is 6.77. The van der Waals surface area contributed by atoms with Crippen molar-refractivity contribution in [1.29, 1.82) is 0 Å². The molecule has 4 aromatic rings. The summed E-state index contributed by atoms with van der Waals surface area (Å²) in [6, 6.07) is 23.2. The van der Waals surface area contributed by atoms with Crippen LogP contribution >= 0.6 is 11.6 Å². The molecule has 4 rings (SSSR count). The van der Waals surface area contributed by atoms with Crippen LogP contribution in [0.2, 0.25) is 5.02 Å². The Kier molecular flexibility index (Phi) is 6.29. The minimum Gasteiger partial charge on any atom is -0.448 e. The summed E-state index contributed by atoms with van der Waals surface area (Å²) in [5.74, 6) is -1.32. The van der Waals surface area contributed by atoms with E-state index < -0.39 is 18.0 Å². The molecule has 33 heavy (non-hydrogen) atoms. The molecule has 166 valence electrons. The molecule has 0 aliphatic heterocycles. The van der Waals surface area contributed by atoms with Gasteiger partial charge in [-0.1, -0.05) is 72.3 Å². The van der Waals surface area contributed by atoms with E-state index >= 15 is 0 Å². The third-order valence-corrected chi connectivity index (χ3v) is 5.67. The number of anilines is 1. The second kappa shape index (κ2) is 9.30. The molecular weight excluding hydrogens is 440 g/mol. The number of nitrogens with one attached hydrogen (secondary N) is 1. The van der Waals surface area contributed by atoms with E-state index in [-0.39, 0.29) is 11.3 Å². The molecule has 1 amide bonds. The van der Waals surface area contributed by atoms with Gasteiger partial charge in [-0.2, -0.15) is 0 Å². The van der Waals surface area contributed by atoms with E-state index in [9.17, 15) is 14.4 Å². The van der Waals surface area contributed by atoms with Crippen LogP contribution in [0.25, 0.3) is 21.9 Å². The number of amides is 1. The highest BCUT2D eigenvalue weighted by Crippen LogP contribution is 2.31. The maximum Gasteiger partial charge on any atom is 0.356 e. The lowest BCUT2D eigenvalue weighted by atomic mass is 9.97. The standard InChI is InChI=1S/C26H21ClN2O4/c1-16(24(30)28-21-15-9-8-14-20(21)27)33-26(32)23-22(17-10-4-3-5-11-17)18-12-6-7-13-19(18)25(31)29(23)2/h3-16H,1-2H3,(H,28,30). The van der Waals surface area contributed by atoms with Crippen molar-refractivity contribution in [3.8, 4) is 11.1 Å². The molecule has 3 aromatic carbocycles. The lowest BCUT2D eigenvalue weighted by molar-refractivity contribution is -0.123. The van der Waals surface area contributed by atoms with Crippen LogP contribution in [-0.2, 0) is 16.6 Å². The van der Waals surface area contributed by atoms with Crippen LogP contribution in [0.15, 0.2) is 83.7 Å². The molecule has 1 atom stereocenters. The molecule has 6 nitrogen and oxygen atoms in total. The number of aromatic nitrogens is 1. The first kappa shape index (κ1) is 22.3. The number of benzene rings is 3.